The van der Waals surface area contributed by atoms with E-state index < -0.39 is 0 Å². The summed E-state index contributed by atoms with van der Waals surface area (Å²) in [7, 11) is 0. The van der Waals surface area contributed by atoms with E-state index in [1.165, 1.54) is 0 Å². The van der Waals surface area contributed by atoms with Crippen molar-refractivity contribution in [1.82, 2.24) is 9.97 Å². The number of rotatable bonds is 3. The summed E-state index contributed by atoms with van der Waals surface area (Å²) in [5.41, 5.74) is 1.08. The van der Waals surface area contributed by atoms with Gasteiger partial charge in [0.15, 0.2) is 5.16 Å². The highest BCUT2D eigenvalue weighted by atomic mass is 35.5. The molecule has 0 aliphatic heterocycles. The van der Waals surface area contributed by atoms with Crippen LogP contribution in [-0.4, -0.2) is 21.6 Å². The largest absolute Gasteiger partial charge is 0.231 e. The van der Waals surface area contributed by atoms with Crippen molar-refractivity contribution < 1.29 is 0 Å². The van der Waals surface area contributed by atoms with Crippen LogP contribution in [0.1, 0.15) is 5.56 Å². The quantitative estimate of drug-likeness (QED) is 0.413. The molecular weight excluding hydrogens is 180 g/mol. The van der Waals surface area contributed by atoms with Crippen molar-refractivity contribution in [1.29, 1.82) is 0 Å². The molecule has 0 radical (unpaired) electrons. The van der Waals surface area contributed by atoms with Gasteiger partial charge in [-0.1, -0.05) is 11.8 Å². The van der Waals surface area contributed by atoms with Gasteiger partial charge in [0.2, 0.25) is 0 Å². The molecule has 0 amide bonds. The first-order valence-corrected chi connectivity index (χ1v) is 4.82. The summed E-state index contributed by atoms with van der Waals surface area (Å²) in [4.78, 5) is 8.22. The molecule has 60 valence electrons. The third kappa shape index (κ3) is 3.08. The van der Waals surface area contributed by atoms with Crippen LogP contribution in [0.5, 0.6) is 0 Å². The Balaban J connectivity index is 2.52. The number of halogens is 1. The molecule has 1 aromatic heterocycles. The van der Waals surface area contributed by atoms with E-state index >= 15 is 0 Å². The highest BCUT2D eigenvalue weighted by Crippen LogP contribution is 2.11. The molecule has 0 bridgehead atoms. The highest BCUT2D eigenvalue weighted by molar-refractivity contribution is 7.99. The summed E-state index contributed by atoms with van der Waals surface area (Å²) in [6.07, 6.45) is 3.62. The SMILES string of the molecule is Cc1cnc(SCCCl)nc1. The Morgan fingerprint density at radius 1 is 1.45 bits per heavy atom. The molecule has 0 aliphatic rings. The first-order valence-electron chi connectivity index (χ1n) is 3.30. The van der Waals surface area contributed by atoms with Gasteiger partial charge in [-0.3, -0.25) is 0 Å². The molecular formula is C7H9ClN2S. The van der Waals surface area contributed by atoms with Crippen LogP contribution in [0.15, 0.2) is 17.6 Å². The molecule has 0 saturated carbocycles. The van der Waals surface area contributed by atoms with Gasteiger partial charge in [0.1, 0.15) is 0 Å². The van der Waals surface area contributed by atoms with Crippen molar-refractivity contribution in [3.05, 3.63) is 18.0 Å². The highest BCUT2D eigenvalue weighted by Gasteiger charge is 1.94. The van der Waals surface area contributed by atoms with E-state index in [-0.39, 0.29) is 0 Å². The van der Waals surface area contributed by atoms with Crippen LogP contribution in [0.2, 0.25) is 0 Å². The molecule has 0 saturated heterocycles. The van der Waals surface area contributed by atoms with Crippen LogP contribution < -0.4 is 0 Å². The Labute approximate surface area is 75.4 Å². The van der Waals surface area contributed by atoms with Crippen LogP contribution in [0.25, 0.3) is 0 Å². The maximum atomic E-state index is 5.51. The Bertz CT molecular complexity index is 212. The summed E-state index contributed by atoms with van der Waals surface area (Å²) in [6, 6.07) is 0. The van der Waals surface area contributed by atoms with Crippen molar-refractivity contribution in [3.63, 3.8) is 0 Å². The Morgan fingerprint density at radius 2 is 2.09 bits per heavy atom. The lowest BCUT2D eigenvalue weighted by Crippen LogP contribution is -1.88. The van der Waals surface area contributed by atoms with Crippen LogP contribution in [0, 0.1) is 6.92 Å². The second-order valence-electron chi connectivity index (χ2n) is 2.08. The third-order valence-electron chi connectivity index (χ3n) is 1.07. The third-order valence-corrected chi connectivity index (χ3v) is 2.36. The molecule has 0 atom stereocenters. The molecule has 0 fully saturated rings. The fourth-order valence-corrected chi connectivity index (χ4v) is 1.33. The average molecular weight is 189 g/mol. The molecule has 1 rings (SSSR count). The van der Waals surface area contributed by atoms with Gasteiger partial charge in [0, 0.05) is 24.0 Å². The Morgan fingerprint density at radius 3 is 2.64 bits per heavy atom. The summed E-state index contributed by atoms with van der Waals surface area (Å²) in [6.45, 7) is 1.97. The van der Waals surface area contributed by atoms with E-state index in [9.17, 15) is 0 Å². The van der Waals surface area contributed by atoms with Crippen LogP contribution >= 0.6 is 23.4 Å². The first kappa shape index (κ1) is 8.81. The second-order valence-corrected chi connectivity index (χ2v) is 3.52. The summed E-state index contributed by atoms with van der Waals surface area (Å²) in [5.74, 6) is 1.51. The van der Waals surface area contributed by atoms with E-state index in [4.69, 9.17) is 11.6 Å². The summed E-state index contributed by atoms with van der Waals surface area (Å²) >= 11 is 7.08. The zero-order chi connectivity index (χ0) is 8.10. The predicted octanol–water partition coefficient (Wildman–Crippen LogP) is 2.12. The lowest BCUT2D eigenvalue weighted by Gasteiger charge is -1.95. The van der Waals surface area contributed by atoms with Crippen molar-refractivity contribution in [3.8, 4) is 0 Å². The molecule has 0 aliphatic carbocycles. The van der Waals surface area contributed by atoms with Gasteiger partial charge in [-0.2, -0.15) is 0 Å². The number of nitrogens with zero attached hydrogens (tertiary/aromatic N) is 2. The second kappa shape index (κ2) is 4.57. The molecule has 0 unspecified atom stereocenters. The zero-order valence-electron chi connectivity index (χ0n) is 6.25. The number of aromatic nitrogens is 2. The standard InChI is InChI=1S/C7H9ClN2S/c1-6-4-9-7(10-5-6)11-3-2-8/h4-5H,2-3H2,1H3. The maximum absolute atomic E-state index is 5.51. The molecule has 11 heavy (non-hydrogen) atoms. The Kier molecular flexibility index (Phi) is 3.66. The fraction of sp³-hybridized carbons (Fsp3) is 0.429. The minimum absolute atomic E-state index is 0.641. The van der Waals surface area contributed by atoms with E-state index in [0.717, 1.165) is 16.5 Å². The van der Waals surface area contributed by atoms with E-state index in [1.807, 2.05) is 19.3 Å². The average Bonchev–Trinajstić information content (AvgIpc) is 2.04. The lowest BCUT2D eigenvalue weighted by molar-refractivity contribution is 0.951. The number of thioether (sulfide) groups is 1. The molecule has 1 heterocycles. The number of aryl methyl sites for hydroxylation is 1. The summed E-state index contributed by atoms with van der Waals surface area (Å²) in [5, 5.41) is 0.802. The molecule has 2 nitrogen and oxygen atoms in total. The van der Waals surface area contributed by atoms with Crippen molar-refractivity contribution >= 4 is 23.4 Å². The van der Waals surface area contributed by atoms with Crippen molar-refractivity contribution in [2.75, 3.05) is 11.6 Å². The summed E-state index contributed by atoms with van der Waals surface area (Å²) < 4.78 is 0. The number of alkyl halides is 1. The monoisotopic (exact) mass is 188 g/mol. The minimum Gasteiger partial charge on any atom is -0.231 e. The van der Waals surface area contributed by atoms with E-state index in [2.05, 4.69) is 9.97 Å². The van der Waals surface area contributed by atoms with Gasteiger partial charge < -0.3 is 0 Å². The molecule has 1 aromatic rings. The van der Waals surface area contributed by atoms with Gasteiger partial charge in [0.25, 0.3) is 0 Å². The normalized spacial score (nSPS) is 10.0. The van der Waals surface area contributed by atoms with Gasteiger partial charge in [0.05, 0.1) is 0 Å². The zero-order valence-corrected chi connectivity index (χ0v) is 7.82. The maximum Gasteiger partial charge on any atom is 0.187 e. The molecule has 4 heteroatoms. The predicted molar refractivity (Wildman–Crippen MR) is 48.2 cm³/mol. The molecule has 0 N–H and O–H groups in total. The van der Waals surface area contributed by atoms with Gasteiger partial charge in [-0.15, -0.1) is 11.6 Å². The Hall–Kier alpha value is -0.280. The topological polar surface area (TPSA) is 25.8 Å². The fourth-order valence-electron chi connectivity index (χ4n) is 0.585. The number of hydrogen-bond donors (Lipinski definition) is 0. The van der Waals surface area contributed by atoms with Crippen molar-refractivity contribution in [2.24, 2.45) is 0 Å². The first-order chi connectivity index (χ1) is 5.33. The van der Waals surface area contributed by atoms with Crippen LogP contribution in [0.4, 0.5) is 0 Å². The van der Waals surface area contributed by atoms with Crippen molar-refractivity contribution in [2.45, 2.75) is 12.1 Å². The molecule has 0 spiro atoms. The van der Waals surface area contributed by atoms with Gasteiger partial charge in [-0.25, -0.2) is 9.97 Å². The molecule has 0 aromatic carbocycles. The minimum atomic E-state index is 0.641. The van der Waals surface area contributed by atoms with Crippen LogP contribution in [-0.2, 0) is 0 Å². The van der Waals surface area contributed by atoms with Gasteiger partial charge in [-0.05, 0) is 12.5 Å². The lowest BCUT2D eigenvalue weighted by atomic mass is 10.4. The van der Waals surface area contributed by atoms with Gasteiger partial charge >= 0.3 is 0 Å². The van der Waals surface area contributed by atoms with Crippen LogP contribution in [0.3, 0.4) is 0 Å². The van der Waals surface area contributed by atoms with E-state index in [1.54, 1.807) is 11.8 Å². The number of hydrogen-bond acceptors (Lipinski definition) is 3. The smallest absolute Gasteiger partial charge is 0.187 e. The van der Waals surface area contributed by atoms with E-state index in [0.29, 0.717) is 5.88 Å².